The minimum absolute atomic E-state index is 0.0555. The molecule has 5 heteroatoms. The smallest absolute Gasteiger partial charge is 0.271 e. The molecule has 1 aromatic heterocycles. The number of hydrazone groups is 1. The molecule has 0 aliphatic carbocycles. The first-order valence-electron chi connectivity index (χ1n) is 4.91. The molecule has 0 atom stereocenters. The molecule has 4 nitrogen and oxygen atoms in total. The van der Waals surface area contributed by atoms with Crippen LogP contribution in [-0.2, 0) is 0 Å². The van der Waals surface area contributed by atoms with Gasteiger partial charge < -0.3 is 5.11 Å². The number of carbonyl (C=O) groups is 1. The van der Waals surface area contributed by atoms with E-state index in [1.54, 1.807) is 18.3 Å². The standard InChI is InChI=1S/C12H10N2O2S/c15-10-4-1-3-9(7-10)12(16)14-13-8-11-5-2-6-17-11/h1-8,15H,(H,14,16)/b13-8-. The third-order valence-electron chi connectivity index (χ3n) is 2.01. The lowest BCUT2D eigenvalue weighted by molar-refractivity contribution is 0.0954. The number of benzene rings is 1. The maximum absolute atomic E-state index is 11.6. The molecule has 0 aliphatic rings. The molecule has 0 fully saturated rings. The summed E-state index contributed by atoms with van der Waals surface area (Å²) < 4.78 is 0. The Bertz CT molecular complexity index is 535. The normalized spacial score (nSPS) is 10.6. The van der Waals surface area contributed by atoms with Crippen LogP contribution in [0.3, 0.4) is 0 Å². The van der Waals surface area contributed by atoms with Gasteiger partial charge in [-0.25, -0.2) is 5.43 Å². The topological polar surface area (TPSA) is 61.7 Å². The van der Waals surface area contributed by atoms with Crippen molar-refractivity contribution in [3.8, 4) is 5.75 Å². The van der Waals surface area contributed by atoms with E-state index in [4.69, 9.17) is 0 Å². The Kier molecular flexibility index (Phi) is 3.52. The van der Waals surface area contributed by atoms with Gasteiger partial charge in [-0.3, -0.25) is 4.79 Å². The summed E-state index contributed by atoms with van der Waals surface area (Å²) in [6.45, 7) is 0. The fraction of sp³-hybridized carbons (Fsp3) is 0. The number of phenols is 1. The Labute approximate surface area is 102 Å². The van der Waals surface area contributed by atoms with Crippen LogP contribution in [0.25, 0.3) is 0 Å². The van der Waals surface area contributed by atoms with Crippen LogP contribution in [-0.4, -0.2) is 17.2 Å². The lowest BCUT2D eigenvalue weighted by Crippen LogP contribution is -2.17. The van der Waals surface area contributed by atoms with Gasteiger partial charge in [0, 0.05) is 10.4 Å². The van der Waals surface area contributed by atoms with E-state index >= 15 is 0 Å². The summed E-state index contributed by atoms with van der Waals surface area (Å²) in [4.78, 5) is 12.6. The zero-order valence-corrected chi connectivity index (χ0v) is 9.65. The van der Waals surface area contributed by atoms with Crippen molar-refractivity contribution in [2.24, 2.45) is 5.10 Å². The number of nitrogens with zero attached hydrogens (tertiary/aromatic N) is 1. The van der Waals surface area contributed by atoms with Crippen LogP contribution >= 0.6 is 11.3 Å². The summed E-state index contributed by atoms with van der Waals surface area (Å²) in [5.74, 6) is -0.298. The van der Waals surface area contributed by atoms with Gasteiger partial charge in [-0.05, 0) is 29.6 Å². The predicted octanol–water partition coefficient (Wildman–Crippen LogP) is 2.22. The molecule has 0 spiro atoms. The molecule has 17 heavy (non-hydrogen) atoms. The molecule has 1 amide bonds. The highest BCUT2D eigenvalue weighted by atomic mass is 32.1. The Morgan fingerprint density at radius 3 is 2.94 bits per heavy atom. The summed E-state index contributed by atoms with van der Waals surface area (Å²) in [6, 6.07) is 9.91. The maximum Gasteiger partial charge on any atom is 0.271 e. The Hall–Kier alpha value is -2.14. The number of nitrogens with one attached hydrogen (secondary N) is 1. The van der Waals surface area contributed by atoms with Gasteiger partial charge in [0.1, 0.15) is 5.75 Å². The summed E-state index contributed by atoms with van der Waals surface area (Å²) in [6.07, 6.45) is 1.57. The third kappa shape index (κ3) is 3.15. The van der Waals surface area contributed by atoms with Crippen molar-refractivity contribution in [3.63, 3.8) is 0 Å². The molecule has 2 rings (SSSR count). The fourth-order valence-corrected chi connectivity index (χ4v) is 1.82. The highest BCUT2D eigenvalue weighted by Gasteiger charge is 2.03. The van der Waals surface area contributed by atoms with Crippen molar-refractivity contribution in [2.75, 3.05) is 0 Å². The maximum atomic E-state index is 11.6. The van der Waals surface area contributed by atoms with E-state index in [1.165, 1.54) is 23.5 Å². The highest BCUT2D eigenvalue weighted by Crippen LogP contribution is 2.10. The molecule has 0 aliphatic heterocycles. The molecule has 2 N–H and O–H groups in total. The van der Waals surface area contributed by atoms with Gasteiger partial charge in [-0.2, -0.15) is 5.10 Å². The third-order valence-corrected chi connectivity index (χ3v) is 2.82. The van der Waals surface area contributed by atoms with Crippen LogP contribution in [0.15, 0.2) is 46.9 Å². The molecule has 0 radical (unpaired) electrons. The van der Waals surface area contributed by atoms with E-state index in [-0.39, 0.29) is 11.7 Å². The average Bonchev–Trinajstić information content (AvgIpc) is 2.82. The molecule has 86 valence electrons. The molecule has 0 saturated carbocycles. The second kappa shape index (κ2) is 5.27. The minimum atomic E-state index is -0.353. The van der Waals surface area contributed by atoms with E-state index in [1.807, 2.05) is 17.5 Å². The number of rotatable bonds is 3. The van der Waals surface area contributed by atoms with Gasteiger partial charge in [-0.1, -0.05) is 12.1 Å². The number of amides is 1. The summed E-state index contributed by atoms with van der Waals surface area (Å²) in [7, 11) is 0. The van der Waals surface area contributed by atoms with E-state index < -0.39 is 0 Å². The molecule has 1 aromatic carbocycles. The SMILES string of the molecule is O=C(N/N=C\c1cccs1)c1cccc(O)c1. The first-order chi connectivity index (χ1) is 8.25. The fourth-order valence-electron chi connectivity index (χ4n) is 1.23. The van der Waals surface area contributed by atoms with Crippen LogP contribution in [0.2, 0.25) is 0 Å². The first-order valence-corrected chi connectivity index (χ1v) is 5.79. The summed E-state index contributed by atoms with van der Waals surface area (Å²) in [5, 5.41) is 15.0. The van der Waals surface area contributed by atoms with E-state index in [0.717, 1.165) is 4.88 Å². The first kappa shape index (κ1) is 11.3. The molecular weight excluding hydrogens is 236 g/mol. The second-order valence-corrected chi connectivity index (χ2v) is 4.24. The molecule has 1 heterocycles. The van der Waals surface area contributed by atoms with Crippen molar-refractivity contribution >= 4 is 23.5 Å². The van der Waals surface area contributed by atoms with Gasteiger partial charge in [0.25, 0.3) is 5.91 Å². The van der Waals surface area contributed by atoms with E-state index in [0.29, 0.717) is 5.56 Å². The molecule has 0 bridgehead atoms. The van der Waals surface area contributed by atoms with Crippen LogP contribution in [0, 0.1) is 0 Å². The van der Waals surface area contributed by atoms with Crippen molar-refractivity contribution in [1.82, 2.24) is 5.43 Å². The van der Waals surface area contributed by atoms with E-state index in [2.05, 4.69) is 10.5 Å². The van der Waals surface area contributed by atoms with Crippen molar-refractivity contribution in [2.45, 2.75) is 0 Å². The number of thiophene rings is 1. The highest BCUT2D eigenvalue weighted by molar-refractivity contribution is 7.11. The summed E-state index contributed by atoms with van der Waals surface area (Å²) in [5.41, 5.74) is 2.76. The number of aromatic hydroxyl groups is 1. The zero-order chi connectivity index (χ0) is 12.1. The van der Waals surface area contributed by atoms with Crippen LogP contribution < -0.4 is 5.43 Å². The Morgan fingerprint density at radius 1 is 1.35 bits per heavy atom. The van der Waals surface area contributed by atoms with E-state index in [9.17, 15) is 9.90 Å². The van der Waals surface area contributed by atoms with Crippen molar-refractivity contribution < 1.29 is 9.90 Å². The van der Waals surface area contributed by atoms with Crippen LogP contribution in [0.4, 0.5) is 0 Å². The second-order valence-electron chi connectivity index (χ2n) is 3.26. The lowest BCUT2D eigenvalue weighted by atomic mass is 10.2. The average molecular weight is 246 g/mol. The van der Waals surface area contributed by atoms with Crippen molar-refractivity contribution in [1.29, 1.82) is 0 Å². The molecule has 2 aromatic rings. The monoisotopic (exact) mass is 246 g/mol. The Balaban J connectivity index is 1.98. The van der Waals surface area contributed by atoms with Gasteiger partial charge >= 0.3 is 0 Å². The lowest BCUT2D eigenvalue weighted by Gasteiger charge is -1.99. The molecule has 0 saturated heterocycles. The van der Waals surface area contributed by atoms with Gasteiger partial charge in [-0.15, -0.1) is 11.3 Å². The van der Waals surface area contributed by atoms with Gasteiger partial charge in [0.05, 0.1) is 6.21 Å². The number of hydrogen-bond acceptors (Lipinski definition) is 4. The minimum Gasteiger partial charge on any atom is -0.508 e. The van der Waals surface area contributed by atoms with Crippen LogP contribution in [0.1, 0.15) is 15.2 Å². The molecule has 0 unspecified atom stereocenters. The van der Waals surface area contributed by atoms with Gasteiger partial charge in [0.15, 0.2) is 0 Å². The number of hydrogen-bond donors (Lipinski definition) is 2. The zero-order valence-electron chi connectivity index (χ0n) is 8.83. The predicted molar refractivity (Wildman–Crippen MR) is 67.5 cm³/mol. The largest absolute Gasteiger partial charge is 0.508 e. The van der Waals surface area contributed by atoms with Crippen LogP contribution in [0.5, 0.6) is 5.75 Å². The number of phenolic OH excluding ortho intramolecular Hbond substituents is 1. The van der Waals surface area contributed by atoms with Gasteiger partial charge in [0.2, 0.25) is 0 Å². The molecular formula is C12H10N2O2S. The quantitative estimate of drug-likeness (QED) is 0.644. The number of carbonyl (C=O) groups excluding carboxylic acids is 1. The Morgan fingerprint density at radius 2 is 2.24 bits per heavy atom. The van der Waals surface area contributed by atoms with Crippen molar-refractivity contribution in [3.05, 3.63) is 52.2 Å². The summed E-state index contributed by atoms with van der Waals surface area (Å²) >= 11 is 1.53.